The van der Waals surface area contributed by atoms with Crippen molar-refractivity contribution in [1.29, 1.82) is 0 Å². The molecule has 3 rings (SSSR count). The van der Waals surface area contributed by atoms with Gasteiger partial charge in [-0.2, -0.15) is 0 Å². The predicted molar refractivity (Wildman–Crippen MR) is 96.6 cm³/mol. The zero-order valence-electron chi connectivity index (χ0n) is 13.4. The van der Waals surface area contributed by atoms with Gasteiger partial charge in [-0.1, -0.05) is 11.6 Å². The van der Waals surface area contributed by atoms with Crippen molar-refractivity contribution in [3.8, 4) is 17.2 Å². The standard InChI is InChI=1S/C19H15ClN2O3/c1-12-10-11-21-17(18(12)23)19(24)22-14-4-8-16(9-5-14)25-15-6-2-13(20)3-7-15/h2-11,23H,1H3,(H,22,24). The van der Waals surface area contributed by atoms with E-state index in [0.717, 1.165) is 0 Å². The second-order valence-corrected chi connectivity index (χ2v) is 5.80. The van der Waals surface area contributed by atoms with Gasteiger partial charge in [0.15, 0.2) is 5.69 Å². The lowest BCUT2D eigenvalue weighted by atomic mass is 10.2. The summed E-state index contributed by atoms with van der Waals surface area (Å²) in [6.07, 6.45) is 1.48. The molecule has 25 heavy (non-hydrogen) atoms. The number of benzene rings is 2. The first-order chi connectivity index (χ1) is 12.0. The Labute approximate surface area is 149 Å². The van der Waals surface area contributed by atoms with Gasteiger partial charge in [0.1, 0.15) is 17.2 Å². The number of aromatic hydroxyl groups is 1. The lowest BCUT2D eigenvalue weighted by Gasteiger charge is -2.09. The van der Waals surface area contributed by atoms with Crippen molar-refractivity contribution < 1.29 is 14.6 Å². The van der Waals surface area contributed by atoms with E-state index < -0.39 is 5.91 Å². The molecule has 0 aliphatic heterocycles. The number of aromatic nitrogens is 1. The Bertz CT molecular complexity index is 894. The number of anilines is 1. The van der Waals surface area contributed by atoms with Crippen molar-refractivity contribution in [3.05, 3.63) is 77.1 Å². The van der Waals surface area contributed by atoms with Gasteiger partial charge < -0.3 is 15.2 Å². The van der Waals surface area contributed by atoms with Crippen LogP contribution in [0.25, 0.3) is 0 Å². The van der Waals surface area contributed by atoms with Gasteiger partial charge in [0.05, 0.1) is 0 Å². The average Bonchev–Trinajstić information content (AvgIpc) is 2.61. The minimum Gasteiger partial charge on any atom is -0.505 e. The summed E-state index contributed by atoms with van der Waals surface area (Å²) >= 11 is 5.84. The smallest absolute Gasteiger partial charge is 0.278 e. The zero-order chi connectivity index (χ0) is 17.8. The van der Waals surface area contributed by atoms with Crippen molar-refractivity contribution in [2.24, 2.45) is 0 Å². The van der Waals surface area contributed by atoms with Gasteiger partial charge in [0.2, 0.25) is 0 Å². The number of ether oxygens (including phenoxy) is 1. The molecule has 6 heteroatoms. The van der Waals surface area contributed by atoms with E-state index in [1.165, 1.54) is 6.20 Å². The van der Waals surface area contributed by atoms with Crippen LogP contribution in [0.15, 0.2) is 60.8 Å². The number of carbonyl (C=O) groups excluding carboxylic acids is 1. The molecular weight excluding hydrogens is 340 g/mol. The molecular formula is C19H15ClN2O3. The molecule has 2 aromatic carbocycles. The highest BCUT2D eigenvalue weighted by molar-refractivity contribution is 6.30. The van der Waals surface area contributed by atoms with E-state index in [4.69, 9.17) is 16.3 Å². The van der Waals surface area contributed by atoms with Crippen LogP contribution in [0.4, 0.5) is 5.69 Å². The minimum atomic E-state index is -0.479. The normalized spacial score (nSPS) is 10.3. The van der Waals surface area contributed by atoms with Gasteiger partial charge in [-0.3, -0.25) is 4.79 Å². The number of aryl methyl sites for hydroxylation is 1. The minimum absolute atomic E-state index is 0.0125. The molecule has 1 amide bonds. The molecule has 0 unspecified atom stereocenters. The lowest BCUT2D eigenvalue weighted by Crippen LogP contribution is -2.14. The van der Waals surface area contributed by atoms with Gasteiger partial charge in [-0.15, -0.1) is 0 Å². The predicted octanol–water partition coefficient (Wildman–Crippen LogP) is 4.79. The number of rotatable bonds is 4. The van der Waals surface area contributed by atoms with Crippen LogP contribution in [-0.2, 0) is 0 Å². The SMILES string of the molecule is Cc1ccnc(C(=O)Nc2ccc(Oc3ccc(Cl)cc3)cc2)c1O. The molecule has 1 aromatic heterocycles. The molecule has 2 N–H and O–H groups in total. The zero-order valence-corrected chi connectivity index (χ0v) is 14.1. The number of pyridine rings is 1. The molecule has 126 valence electrons. The summed E-state index contributed by atoms with van der Waals surface area (Å²) in [7, 11) is 0. The van der Waals surface area contributed by atoms with Crippen LogP contribution in [0.2, 0.25) is 5.02 Å². The van der Waals surface area contributed by atoms with Crippen molar-refractivity contribution in [3.63, 3.8) is 0 Å². The highest BCUT2D eigenvalue weighted by atomic mass is 35.5. The van der Waals surface area contributed by atoms with Crippen LogP contribution >= 0.6 is 11.6 Å². The van der Waals surface area contributed by atoms with Crippen LogP contribution < -0.4 is 10.1 Å². The van der Waals surface area contributed by atoms with Crippen LogP contribution in [0.1, 0.15) is 16.1 Å². The molecule has 0 radical (unpaired) electrons. The van der Waals surface area contributed by atoms with E-state index >= 15 is 0 Å². The molecule has 0 spiro atoms. The molecule has 0 saturated heterocycles. The average molecular weight is 355 g/mol. The topological polar surface area (TPSA) is 71.5 Å². The quantitative estimate of drug-likeness (QED) is 0.706. The van der Waals surface area contributed by atoms with E-state index in [1.807, 2.05) is 0 Å². The third-order valence-electron chi connectivity index (χ3n) is 3.50. The van der Waals surface area contributed by atoms with Gasteiger partial charge in [-0.05, 0) is 67.1 Å². The number of nitrogens with zero attached hydrogens (tertiary/aromatic N) is 1. The lowest BCUT2D eigenvalue weighted by molar-refractivity contribution is 0.101. The Balaban J connectivity index is 1.69. The number of hydrogen-bond donors (Lipinski definition) is 2. The molecule has 1 heterocycles. The second kappa shape index (κ2) is 7.23. The summed E-state index contributed by atoms with van der Waals surface area (Å²) < 4.78 is 5.69. The number of hydrogen-bond acceptors (Lipinski definition) is 4. The number of halogens is 1. The Morgan fingerprint density at radius 1 is 1.04 bits per heavy atom. The van der Waals surface area contributed by atoms with Crippen molar-refractivity contribution in [1.82, 2.24) is 4.98 Å². The third-order valence-corrected chi connectivity index (χ3v) is 3.75. The Morgan fingerprint density at radius 3 is 2.28 bits per heavy atom. The molecule has 0 saturated carbocycles. The molecule has 0 aliphatic carbocycles. The van der Waals surface area contributed by atoms with Gasteiger partial charge in [0.25, 0.3) is 5.91 Å². The fourth-order valence-corrected chi connectivity index (χ4v) is 2.28. The van der Waals surface area contributed by atoms with Crippen LogP contribution in [-0.4, -0.2) is 16.0 Å². The Kier molecular flexibility index (Phi) is 4.86. The molecule has 3 aromatic rings. The van der Waals surface area contributed by atoms with E-state index in [2.05, 4.69) is 10.3 Å². The summed E-state index contributed by atoms with van der Waals surface area (Å²) in [6.45, 7) is 1.71. The van der Waals surface area contributed by atoms with Gasteiger partial charge >= 0.3 is 0 Å². The molecule has 0 atom stereocenters. The van der Waals surface area contributed by atoms with Gasteiger partial charge in [-0.25, -0.2) is 4.98 Å². The van der Waals surface area contributed by atoms with E-state index in [1.54, 1.807) is 61.5 Å². The number of carbonyl (C=O) groups is 1. The third kappa shape index (κ3) is 4.08. The number of amides is 1. The first-order valence-electron chi connectivity index (χ1n) is 7.52. The van der Waals surface area contributed by atoms with E-state index in [9.17, 15) is 9.90 Å². The summed E-state index contributed by atoms with van der Waals surface area (Å²) in [5, 5.41) is 13.2. The van der Waals surface area contributed by atoms with Gasteiger partial charge in [0, 0.05) is 16.9 Å². The first-order valence-corrected chi connectivity index (χ1v) is 7.90. The summed E-state index contributed by atoms with van der Waals surface area (Å²) in [6, 6.07) is 15.5. The summed E-state index contributed by atoms with van der Waals surface area (Å²) in [5.74, 6) is 0.683. The maximum atomic E-state index is 12.2. The maximum Gasteiger partial charge on any atom is 0.278 e. The van der Waals surface area contributed by atoms with Crippen molar-refractivity contribution in [2.75, 3.05) is 5.32 Å². The van der Waals surface area contributed by atoms with E-state index in [0.29, 0.717) is 27.8 Å². The molecule has 0 aliphatic rings. The summed E-state index contributed by atoms with van der Waals surface area (Å²) in [5.41, 5.74) is 1.14. The molecule has 5 nitrogen and oxygen atoms in total. The largest absolute Gasteiger partial charge is 0.505 e. The Morgan fingerprint density at radius 2 is 1.64 bits per heavy atom. The Hall–Kier alpha value is -3.05. The van der Waals surface area contributed by atoms with Crippen molar-refractivity contribution in [2.45, 2.75) is 6.92 Å². The van der Waals surface area contributed by atoms with Crippen LogP contribution in [0, 0.1) is 6.92 Å². The van der Waals surface area contributed by atoms with Crippen LogP contribution in [0.3, 0.4) is 0 Å². The highest BCUT2D eigenvalue weighted by Gasteiger charge is 2.14. The summed E-state index contributed by atoms with van der Waals surface area (Å²) in [4.78, 5) is 16.1. The van der Waals surface area contributed by atoms with E-state index in [-0.39, 0.29) is 11.4 Å². The van der Waals surface area contributed by atoms with Crippen molar-refractivity contribution >= 4 is 23.2 Å². The van der Waals surface area contributed by atoms with Crippen LogP contribution in [0.5, 0.6) is 17.2 Å². The second-order valence-electron chi connectivity index (χ2n) is 5.36. The fourth-order valence-electron chi connectivity index (χ4n) is 2.15. The molecule has 0 fully saturated rings. The maximum absolute atomic E-state index is 12.2. The monoisotopic (exact) mass is 354 g/mol. The first kappa shape index (κ1) is 16.8. The molecule has 0 bridgehead atoms. The fraction of sp³-hybridized carbons (Fsp3) is 0.0526. The highest BCUT2D eigenvalue weighted by Crippen LogP contribution is 2.25. The number of nitrogens with one attached hydrogen (secondary N) is 1.